The predicted octanol–water partition coefficient (Wildman–Crippen LogP) is 0.741. The Labute approximate surface area is 46.6 Å². The lowest BCUT2D eigenvalue weighted by Crippen LogP contribution is -1.71. The van der Waals surface area contributed by atoms with E-state index in [1.54, 1.807) is 0 Å². The Kier molecular flexibility index (Phi) is 1.29. The Bertz CT molecular complexity index is 185. The van der Waals surface area contributed by atoms with Crippen molar-refractivity contribution in [1.82, 2.24) is 4.98 Å². The van der Waals surface area contributed by atoms with Crippen LogP contribution in [0.1, 0.15) is 5.76 Å². The Balaban J connectivity index is 2.67. The van der Waals surface area contributed by atoms with E-state index < -0.39 is 0 Å². The molecular weight excluding hydrogens is 104 g/mol. The fourth-order valence-corrected chi connectivity index (χ4v) is 0.407. The minimum Gasteiger partial charge on any atom is -0.447 e. The molecule has 0 atom stereocenters. The molecule has 0 aromatic carbocycles. The molecular formula is C5H4N2O. The maximum Gasteiger partial charge on any atom is 0.180 e. The monoisotopic (exact) mass is 108 g/mol. The van der Waals surface area contributed by atoms with Crippen molar-refractivity contribution in [1.29, 1.82) is 5.26 Å². The highest BCUT2D eigenvalue weighted by Gasteiger charge is 1.90. The number of oxazole rings is 1. The maximum absolute atomic E-state index is 8.10. The molecule has 1 aromatic rings. The molecule has 1 aromatic heterocycles. The average molecular weight is 108 g/mol. The van der Waals surface area contributed by atoms with Gasteiger partial charge in [0.25, 0.3) is 0 Å². The van der Waals surface area contributed by atoms with Crippen LogP contribution in [0.4, 0.5) is 0 Å². The van der Waals surface area contributed by atoms with Crippen LogP contribution in [-0.4, -0.2) is 4.98 Å². The number of nitrogens with zero attached hydrogens (tertiary/aromatic N) is 2. The summed E-state index contributed by atoms with van der Waals surface area (Å²) < 4.78 is 4.74. The van der Waals surface area contributed by atoms with Gasteiger partial charge >= 0.3 is 0 Å². The highest BCUT2D eigenvalue weighted by molar-refractivity contribution is 4.96. The van der Waals surface area contributed by atoms with Gasteiger partial charge in [0.05, 0.1) is 18.7 Å². The molecule has 0 bridgehead atoms. The van der Waals surface area contributed by atoms with Gasteiger partial charge in [-0.05, 0) is 0 Å². The molecule has 3 nitrogen and oxygen atoms in total. The molecule has 1 heterocycles. The summed E-state index contributed by atoms with van der Waals surface area (Å²) >= 11 is 0. The van der Waals surface area contributed by atoms with Crippen molar-refractivity contribution >= 4 is 0 Å². The van der Waals surface area contributed by atoms with Gasteiger partial charge in [-0.1, -0.05) is 0 Å². The summed E-state index contributed by atoms with van der Waals surface area (Å²) in [6.07, 6.45) is 3.15. The molecule has 0 aliphatic heterocycles. The van der Waals surface area contributed by atoms with E-state index >= 15 is 0 Å². The van der Waals surface area contributed by atoms with E-state index in [1.165, 1.54) is 12.6 Å². The van der Waals surface area contributed by atoms with Gasteiger partial charge in [-0.15, -0.1) is 0 Å². The first kappa shape index (κ1) is 4.85. The van der Waals surface area contributed by atoms with Crippen LogP contribution in [0.2, 0.25) is 0 Å². The second-order valence-corrected chi connectivity index (χ2v) is 1.30. The van der Waals surface area contributed by atoms with Crippen molar-refractivity contribution < 1.29 is 4.42 Å². The number of nitriles is 1. The van der Waals surface area contributed by atoms with Gasteiger partial charge in [0.2, 0.25) is 0 Å². The maximum atomic E-state index is 8.10. The fourth-order valence-electron chi connectivity index (χ4n) is 0.407. The molecule has 8 heavy (non-hydrogen) atoms. The molecule has 0 unspecified atom stereocenters. The van der Waals surface area contributed by atoms with Crippen LogP contribution in [0.25, 0.3) is 0 Å². The third-order valence-electron chi connectivity index (χ3n) is 0.737. The summed E-state index contributed by atoms with van der Waals surface area (Å²) in [6.45, 7) is 0. The smallest absolute Gasteiger partial charge is 0.180 e. The molecule has 0 saturated heterocycles. The van der Waals surface area contributed by atoms with E-state index in [0.29, 0.717) is 12.2 Å². The largest absolute Gasteiger partial charge is 0.447 e. The van der Waals surface area contributed by atoms with E-state index in [-0.39, 0.29) is 0 Å². The van der Waals surface area contributed by atoms with Gasteiger partial charge in [-0.25, -0.2) is 4.98 Å². The summed E-state index contributed by atoms with van der Waals surface area (Å²) in [5, 5.41) is 8.10. The normalized spacial score (nSPS) is 8.38. The summed E-state index contributed by atoms with van der Waals surface area (Å²) in [4.78, 5) is 3.62. The quantitative estimate of drug-likeness (QED) is 0.533. The van der Waals surface area contributed by atoms with E-state index in [2.05, 4.69) is 4.98 Å². The van der Waals surface area contributed by atoms with Crippen molar-refractivity contribution in [3.8, 4) is 6.07 Å². The molecule has 0 N–H and O–H groups in total. The third-order valence-corrected chi connectivity index (χ3v) is 0.737. The van der Waals surface area contributed by atoms with Gasteiger partial charge in [0.15, 0.2) is 6.39 Å². The van der Waals surface area contributed by atoms with E-state index in [4.69, 9.17) is 9.68 Å². The minimum atomic E-state index is 0.306. The molecule has 0 fully saturated rings. The van der Waals surface area contributed by atoms with Crippen LogP contribution >= 0.6 is 0 Å². The first-order valence-electron chi connectivity index (χ1n) is 2.18. The van der Waals surface area contributed by atoms with E-state index in [1.807, 2.05) is 6.07 Å². The van der Waals surface area contributed by atoms with Crippen LogP contribution in [0.5, 0.6) is 0 Å². The van der Waals surface area contributed by atoms with Gasteiger partial charge < -0.3 is 4.42 Å². The minimum absolute atomic E-state index is 0.306. The summed E-state index contributed by atoms with van der Waals surface area (Å²) in [5.74, 6) is 0.618. The van der Waals surface area contributed by atoms with Gasteiger partial charge in [0, 0.05) is 0 Å². The van der Waals surface area contributed by atoms with Crippen molar-refractivity contribution in [2.75, 3.05) is 0 Å². The molecule has 3 heteroatoms. The lowest BCUT2D eigenvalue weighted by molar-refractivity contribution is 0.517. The second kappa shape index (κ2) is 2.12. The lowest BCUT2D eigenvalue weighted by Gasteiger charge is -1.75. The summed E-state index contributed by atoms with van der Waals surface area (Å²) in [6, 6.07) is 1.94. The average Bonchev–Trinajstić information content (AvgIpc) is 2.19. The number of hydrogen-bond acceptors (Lipinski definition) is 3. The number of rotatable bonds is 1. The van der Waals surface area contributed by atoms with Gasteiger partial charge in [0.1, 0.15) is 5.76 Å². The van der Waals surface area contributed by atoms with Crippen molar-refractivity contribution in [2.24, 2.45) is 0 Å². The molecule has 0 amide bonds. The molecule has 40 valence electrons. The summed E-state index contributed by atoms with van der Waals surface area (Å²) in [5.41, 5.74) is 0. The van der Waals surface area contributed by atoms with Crippen molar-refractivity contribution in [3.05, 3.63) is 18.4 Å². The highest BCUT2D eigenvalue weighted by Crippen LogP contribution is 1.94. The van der Waals surface area contributed by atoms with Gasteiger partial charge in [-0.2, -0.15) is 5.26 Å². The standard InChI is InChI=1S/C5H4N2O/c6-2-1-5-3-7-4-8-5/h3-4H,1H2. The van der Waals surface area contributed by atoms with Crippen LogP contribution in [-0.2, 0) is 6.42 Å². The highest BCUT2D eigenvalue weighted by atomic mass is 16.3. The molecule has 0 radical (unpaired) electrons. The van der Waals surface area contributed by atoms with Crippen LogP contribution in [0.15, 0.2) is 17.0 Å². The second-order valence-electron chi connectivity index (χ2n) is 1.30. The van der Waals surface area contributed by atoms with Gasteiger partial charge in [-0.3, -0.25) is 0 Å². The van der Waals surface area contributed by atoms with E-state index in [0.717, 1.165) is 0 Å². The Morgan fingerprint density at radius 3 is 3.25 bits per heavy atom. The molecule has 0 aliphatic rings. The Hall–Kier alpha value is -1.30. The first-order valence-corrected chi connectivity index (χ1v) is 2.18. The van der Waals surface area contributed by atoms with Crippen molar-refractivity contribution in [2.45, 2.75) is 6.42 Å². The zero-order valence-electron chi connectivity index (χ0n) is 4.16. The zero-order chi connectivity index (χ0) is 5.82. The third kappa shape index (κ3) is 0.850. The van der Waals surface area contributed by atoms with Crippen LogP contribution < -0.4 is 0 Å². The SMILES string of the molecule is N#CCc1cnco1. The van der Waals surface area contributed by atoms with Crippen LogP contribution in [0, 0.1) is 11.3 Å². The molecule has 0 saturated carbocycles. The number of aromatic nitrogens is 1. The molecule has 1 rings (SSSR count). The Morgan fingerprint density at radius 1 is 1.88 bits per heavy atom. The predicted molar refractivity (Wildman–Crippen MR) is 25.8 cm³/mol. The first-order chi connectivity index (χ1) is 3.93. The van der Waals surface area contributed by atoms with Crippen LogP contribution in [0.3, 0.4) is 0 Å². The Morgan fingerprint density at radius 2 is 2.75 bits per heavy atom. The van der Waals surface area contributed by atoms with Crippen molar-refractivity contribution in [3.63, 3.8) is 0 Å². The zero-order valence-corrected chi connectivity index (χ0v) is 4.16. The number of hydrogen-bond donors (Lipinski definition) is 0. The fraction of sp³-hybridized carbons (Fsp3) is 0.200. The molecule has 0 spiro atoms. The molecule has 0 aliphatic carbocycles. The van der Waals surface area contributed by atoms with E-state index in [9.17, 15) is 0 Å². The topological polar surface area (TPSA) is 49.8 Å². The lowest BCUT2D eigenvalue weighted by atomic mass is 10.4. The summed E-state index contributed by atoms with van der Waals surface area (Å²) in [7, 11) is 0.